The second-order valence-corrected chi connectivity index (χ2v) is 12.3. The van der Waals surface area contributed by atoms with Crippen molar-refractivity contribution < 1.29 is 23.0 Å². The standard InChI is InChI=1S/C31H41F3N8O2/c1-40-11-13-41(14-12-40)19-44-15-10-20-2-4-22(5-3-20)36-30-35-18-27-29(39-30)42(23-6-8-24(43)9-7-23)31(37-27)38-28-25(33)16-21(32)17-26(28)34/h10,15-18,20,22-24,43H,2-9,11-14,19H2,1H3,(H,37,38)(H,35,36,39)/b15-10-. The molecule has 3 N–H and O–H groups in total. The molecule has 1 aliphatic heterocycles. The minimum absolute atomic E-state index is 0.0964. The minimum atomic E-state index is -1.05. The van der Waals surface area contributed by atoms with E-state index in [1.165, 1.54) is 0 Å². The maximum absolute atomic E-state index is 14.5. The van der Waals surface area contributed by atoms with Gasteiger partial charge in [-0.1, -0.05) is 0 Å². The molecule has 0 unspecified atom stereocenters. The molecule has 0 atom stereocenters. The maximum Gasteiger partial charge on any atom is 0.224 e. The molecule has 6 rings (SSSR count). The first-order valence-corrected chi connectivity index (χ1v) is 15.6. The van der Waals surface area contributed by atoms with Gasteiger partial charge in [0.05, 0.1) is 18.6 Å². The van der Waals surface area contributed by atoms with E-state index in [0.29, 0.717) is 67.6 Å². The number of halogens is 3. The summed E-state index contributed by atoms with van der Waals surface area (Å²) in [5, 5.41) is 16.3. The first kappa shape index (κ1) is 30.6. The molecular formula is C31H41F3N8O2. The Morgan fingerprint density at radius 2 is 1.66 bits per heavy atom. The summed E-state index contributed by atoms with van der Waals surface area (Å²) in [6.45, 7) is 4.83. The zero-order chi connectivity index (χ0) is 30.6. The van der Waals surface area contributed by atoms with Crippen LogP contribution in [0.2, 0.25) is 0 Å². The van der Waals surface area contributed by atoms with Crippen molar-refractivity contribution in [1.82, 2.24) is 29.3 Å². The Morgan fingerprint density at radius 3 is 2.36 bits per heavy atom. The molecule has 10 nitrogen and oxygen atoms in total. The van der Waals surface area contributed by atoms with Crippen molar-refractivity contribution in [2.75, 3.05) is 50.6 Å². The van der Waals surface area contributed by atoms with E-state index in [0.717, 1.165) is 51.9 Å². The third kappa shape index (κ3) is 7.27. The van der Waals surface area contributed by atoms with Crippen molar-refractivity contribution in [2.45, 2.75) is 69.6 Å². The van der Waals surface area contributed by atoms with Gasteiger partial charge in [0, 0.05) is 50.4 Å². The minimum Gasteiger partial charge on any atom is -0.486 e. The Kier molecular flexibility index (Phi) is 9.53. The van der Waals surface area contributed by atoms with Crippen LogP contribution in [0.5, 0.6) is 0 Å². The number of piperazine rings is 1. The lowest BCUT2D eigenvalue weighted by molar-refractivity contribution is 0.0516. The predicted molar refractivity (Wildman–Crippen MR) is 162 cm³/mol. The summed E-state index contributed by atoms with van der Waals surface area (Å²) in [5.74, 6) is -1.98. The van der Waals surface area contributed by atoms with Crippen LogP contribution in [0.4, 0.5) is 30.8 Å². The number of likely N-dealkylation sites (N-methyl/N-ethyl adjacent to an activating group) is 1. The molecule has 44 heavy (non-hydrogen) atoms. The van der Waals surface area contributed by atoms with Crippen LogP contribution in [0.3, 0.4) is 0 Å². The number of allylic oxidation sites excluding steroid dienone is 1. The highest BCUT2D eigenvalue weighted by Crippen LogP contribution is 2.36. The average molecular weight is 615 g/mol. The number of anilines is 3. The Hall–Kier alpha value is -3.42. The summed E-state index contributed by atoms with van der Waals surface area (Å²) in [6.07, 6.45) is 11.7. The lowest BCUT2D eigenvalue weighted by atomic mass is 9.86. The van der Waals surface area contributed by atoms with Gasteiger partial charge in [-0.25, -0.2) is 23.1 Å². The van der Waals surface area contributed by atoms with Gasteiger partial charge < -0.3 is 25.4 Å². The summed E-state index contributed by atoms with van der Waals surface area (Å²) in [4.78, 5) is 18.5. The number of nitrogens with zero attached hydrogens (tertiary/aromatic N) is 6. The van der Waals surface area contributed by atoms with Crippen molar-refractivity contribution >= 4 is 28.7 Å². The molecule has 238 valence electrons. The monoisotopic (exact) mass is 614 g/mol. The van der Waals surface area contributed by atoms with Crippen LogP contribution in [0.25, 0.3) is 11.2 Å². The zero-order valence-electron chi connectivity index (χ0n) is 25.1. The second kappa shape index (κ2) is 13.7. The van der Waals surface area contributed by atoms with Gasteiger partial charge in [0.2, 0.25) is 11.9 Å². The van der Waals surface area contributed by atoms with Crippen LogP contribution >= 0.6 is 0 Å². The van der Waals surface area contributed by atoms with Gasteiger partial charge in [-0.05, 0) is 70.4 Å². The normalized spacial score (nSPS) is 25.5. The van der Waals surface area contributed by atoms with E-state index in [2.05, 4.69) is 43.5 Å². The van der Waals surface area contributed by atoms with Crippen LogP contribution in [0.15, 0.2) is 30.7 Å². The molecule has 0 radical (unpaired) electrons. The van der Waals surface area contributed by atoms with Crippen LogP contribution in [0.1, 0.15) is 57.4 Å². The molecule has 13 heteroatoms. The molecule has 0 spiro atoms. The number of imidazole rings is 1. The van der Waals surface area contributed by atoms with Gasteiger partial charge in [0.25, 0.3) is 0 Å². The number of aromatic nitrogens is 4. The quantitative estimate of drug-likeness (QED) is 0.282. The highest BCUT2D eigenvalue weighted by Gasteiger charge is 2.28. The number of hydrogen-bond acceptors (Lipinski definition) is 9. The van der Waals surface area contributed by atoms with E-state index in [9.17, 15) is 18.3 Å². The van der Waals surface area contributed by atoms with Gasteiger partial charge in [-0.2, -0.15) is 4.98 Å². The van der Waals surface area contributed by atoms with Crippen molar-refractivity contribution in [2.24, 2.45) is 5.92 Å². The molecule has 2 aliphatic carbocycles. The lowest BCUT2D eigenvalue weighted by Crippen LogP contribution is -2.44. The van der Waals surface area contributed by atoms with Crippen LogP contribution in [0, 0.1) is 23.4 Å². The van der Waals surface area contributed by atoms with Gasteiger partial charge in [0.15, 0.2) is 17.3 Å². The summed E-state index contributed by atoms with van der Waals surface area (Å²) in [7, 11) is 2.14. The number of ether oxygens (including phenoxy) is 1. The Bertz CT molecular complexity index is 1420. The lowest BCUT2D eigenvalue weighted by Gasteiger charge is -2.31. The number of hydrogen-bond donors (Lipinski definition) is 3. The SMILES string of the molecule is CN1CCN(CO/C=C\C2CCC(Nc3ncc4nc(Nc5c(F)cc(F)cc5F)n(C5CCC(O)CC5)c4n3)CC2)CC1. The number of nitrogens with one attached hydrogen (secondary N) is 2. The van der Waals surface area contributed by atoms with E-state index in [4.69, 9.17) is 9.72 Å². The number of aliphatic hydroxyl groups excluding tert-OH is 1. The van der Waals surface area contributed by atoms with E-state index in [-0.39, 0.29) is 24.1 Å². The van der Waals surface area contributed by atoms with Gasteiger partial charge >= 0.3 is 0 Å². The summed E-state index contributed by atoms with van der Waals surface area (Å²) in [6, 6.07) is 1.37. The summed E-state index contributed by atoms with van der Waals surface area (Å²) < 4.78 is 50.3. The average Bonchev–Trinajstić information content (AvgIpc) is 3.36. The van der Waals surface area contributed by atoms with Crippen molar-refractivity contribution in [3.63, 3.8) is 0 Å². The number of benzene rings is 1. The fraction of sp³-hybridized carbons (Fsp3) is 0.581. The third-order valence-corrected chi connectivity index (χ3v) is 9.11. The van der Waals surface area contributed by atoms with Crippen molar-refractivity contribution in [3.8, 4) is 0 Å². The number of rotatable bonds is 9. The fourth-order valence-corrected chi connectivity index (χ4v) is 6.41. The van der Waals surface area contributed by atoms with Gasteiger partial charge in [-0.15, -0.1) is 0 Å². The Labute approximate surface area is 255 Å². The van der Waals surface area contributed by atoms with Crippen LogP contribution < -0.4 is 10.6 Å². The van der Waals surface area contributed by atoms with Crippen molar-refractivity contribution in [3.05, 3.63) is 48.1 Å². The summed E-state index contributed by atoms with van der Waals surface area (Å²) in [5.41, 5.74) is 0.515. The largest absolute Gasteiger partial charge is 0.486 e. The number of fused-ring (bicyclic) bond motifs is 1. The maximum atomic E-state index is 14.5. The summed E-state index contributed by atoms with van der Waals surface area (Å²) >= 11 is 0. The topological polar surface area (TPSA) is 104 Å². The smallest absolute Gasteiger partial charge is 0.224 e. The molecular weight excluding hydrogens is 573 g/mol. The second-order valence-electron chi connectivity index (χ2n) is 12.3. The van der Waals surface area contributed by atoms with Crippen LogP contribution in [-0.4, -0.2) is 86.5 Å². The molecule has 3 fully saturated rings. The van der Waals surface area contributed by atoms with E-state index >= 15 is 0 Å². The Balaban J connectivity index is 1.11. The molecule has 3 heterocycles. The highest BCUT2D eigenvalue weighted by molar-refractivity contribution is 5.76. The highest BCUT2D eigenvalue weighted by atomic mass is 19.1. The first-order valence-electron chi connectivity index (χ1n) is 15.6. The molecule has 1 aromatic carbocycles. The molecule has 0 amide bonds. The predicted octanol–water partition coefficient (Wildman–Crippen LogP) is 5.17. The molecule has 1 saturated heterocycles. The molecule has 3 aliphatic rings. The molecule has 2 saturated carbocycles. The fourth-order valence-electron chi connectivity index (χ4n) is 6.41. The zero-order valence-corrected chi connectivity index (χ0v) is 25.1. The van der Waals surface area contributed by atoms with Gasteiger partial charge in [0.1, 0.15) is 23.8 Å². The van der Waals surface area contributed by atoms with E-state index < -0.39 is 23.1 Å². The van der Waals surface area contributed by atoms with E-state index in [1.54, 1.807) is 6.20 Å². The van der Waals surface area contributed by atoms with Gasteiger partial charge in [-0.3, -0.25) is 9.47 Å². The van der Waals surface area contributed by atoms with Crippen molar-refractivity contribution in [1.29, 1.82) is 0 Å². The number of aliphatic hydroxyl groups is 1. The molecule has 2 aromatic heterocycles. The first-order chi connectivity index (χ1) is 21.3. The third-order valence-electron chi connectivity index (χ3n) is 9.11. The molecule has 0 bridgehead atoms. The van der Waals surface area contributed by atoms with Crippen LogP contribution in [-0.2, 0) is 4.74 Å². The molecule has 3 aromatic rings. The Morgan fingerprint density at radius 1 is 0.955 bits per heavy atom. The van der Waals surface area contributed by atoms with E-state index in [1.807, 2.05) is 10.8 Å².